The van der Waals surface area contributed by atoms with Crippen LogP contribution in [0.1, 0.15) is 239 Å². The van der Waals surface area contributed by atoms with Gasteiger partial charge in [0.2, 0.25) is 0 Å². The average molecular weight is 658 g/mol. The molecule has 0 spiro atoms. The monoisotopic (exact) mass is 658 g/mol. The van der Waals surface area contributed by atoms with Crippen molar-refractivity contribution < 1.29 is 14.0 Å². The summed E-state index contributed by atoms with van der Waals surface area (Å²) in [5, 5.41) is 0. The number of unbranched alkanes of at least 4 members (excludes halogenated alkanes) is 31. The van der Waals surface area contributed by atoms with Crippen LogP contribution in [0.5, 0.6) is 0 Å². The zero-order valence-corrected chi connectivity index (χ0v) is 32.2. The second kappa shape index (κ2) is 36.9. The first kappa shape index (κ1) is 45.1. The lowest BCUT2D eigenvalue weighted by Gasteiger charge is -2.26. The standard InChI is InChI=1S/C40H84NO3P/c1-4-7-10-12-14-16-18-20-22-24-26-28-30-32-34-36-38-41(45(42,43)44-40-9-6-3)39-37-35-33-31-29-27-25-23-21-19-17-15-13-11-8-5-2/h4-40H2,1-3H3,(H,42,43). The lowest BCUT2D eigenvalue weighted by atomic mass is 10.0. The van der Waals surface area contributed by atoms with E-state index >= 15 is 0 Å². The second-order valence-electron chi connectivity index (χ2n) is 14.2. The molecule has 0 aromatic carbocycles. The number of nitrogens with zero attached hydrogens (tertiary/aromatic N) is 1. The van der Waals surface area contributed by atoms with E-state index < -0.39 is 7.75 Å². The van der Waals surface area contributed by atoms with Crippen LogP contribution >= 0.6 is 7.75 Å². The van der Waals surface area contributed by atoms with E-state index in [9.17, 15) is 9.46 Å². The highest BCUT2D eigenvalue weighted by Gasteiger charge is 2.28. The van der Waals surface area contributed by atoms with Crippen molar-refractivity contribution in [2.24, 2.45) is 0 Å². The van der Waals surface area contributed by atoms with Gasteiger partial charge in [-0.15, -0.1) is 0 Å². The highest BCUT2D eigenvalue weighted by molar-refractivity contribution is 7.50. The molecule has 0 rings (SSSR count). The first-order chi connectivity index (χ1) is 22.1. The van der Waals surface area contributed by atoms with E-state index in [-0.39, 0.29) is 0 Å². The van der Waals surface area contributed by atoms with Gasteiger partial charge in [-0.05, 0) is 19.3 Å². The minimum absolute atomic E-state index is 0.388. The molecule has 0 fully saturated rings. The van der Waals surface area contributed by atoms with Gasteiger partial charge in [0, 0.05) is 13.1 Å². The molecule has 0 radical (unpaired) electrons. The summed E-state index contributed by atoms with van der Waals surface area (Å²) in [7, 11) is -3.68. The molecule has 4 nitrogen and oxygen atoms in total. The molecule has 0 aliphatic carbocycles. The summed E-state index contributed by atoms with van der Waals surface area (Å²) in [6.45, 7) is 8.44. The first-order valence-electron chi connectivity index (χ1n) is 20.8. The maximum Gasteiger partial charge on any atom is 0.405 e. The third-order valence-electron chi connectivity index (χ3n) is 9.65. The Balaban J connectivity index is 3.86. The molecule has 0 heterocycles. The van der Waals surface area contributed by atoms with Gasteiger partial charge in [-0.2, -0.15) is 0 Å². The molecule has 0 amide bonds. The fourth-order valence-electron chi connectivity index (χ4n) is 6.46. The van der Waals surface area contributed by atoms with Gasteiger partial charge in [-0.3, -0.25) is 4.52 Å². The number of rotatable bonds is 39. The molecule has 1 N–H and O–H groups in total. The Bertz CT molecular complexity index is 566. The highest BCUT2D eigenvalue weighted by atomic mass is 31.2. The molecule has 5 heteroatoms. The summed E-state index contributed by atoms with van der Waals surface area (Å²) in [6.07, 6.45) is 45.0. The number of hydrogen-bond donors (Lipinski definition) is 1. The quantitative estimate of drug-likeness (QED) is 0.0528. The third-order valence-corrected chi connectivity index (χ3v) is 11.3. The molecule has 0 aliphatic rings. The predicted molar refractivity (Wildman–Crippen MR) is 201 cm³/mol. The Morgan fingerprint density at radius 3 is 0.844 bits per heavy atom. The molecule has 0 bridgehead atoms. The molecule has 0 aromatic rings. The smallest absolute Gasteiger partial charge is 0.312 e. The molecular formula is C40H84NO3P. The van der Waals surface area contributed by atoms with Crippen molar-refractivity contribution in [3.8, 4) is 0 Å². The molecule has 1 unspecified atom stereocenters. The zero-order valence-electron chi connectivity index (χ0n) is 31.3. The fourth-order valence-corrected chi connectivity index (χ4v) is 7.78. The van der Waals surface area contributed by atoms with E-state index in [4.69, 9.17) is 4.52 Å². The molecule has 0 saturated heterocycles. The zero-order chi connectivity index (χ0) is 32.9. The third kappa shape index (κ3) is 33.8. The van der Waals surface area contributed by atoms with Crippen LogP contribution in [0.25, 0.3) is 0 Å². The van der Waals surface area contributed by atoms with Gasteiger partial charge in [0.1, 0.15) is 0 Å². The van der Waals surface area contributed by atoms with Crippen molar-refractivity contribution in [1.82, 2.24) is 4.67 Å². The van der Waals surface area contributed by atoms with Gasteiger partial charge in [0.25, 0.3) is 0 Å². The normalized spacial score (nSPS) is 13.2. The van der Waals surface area contributed by atoms with Crippen molar-refractivity contribution in [3.05, 3.63) is 0 Å². The lowest BCUT2D eigenvalue weighted by Crippen LogP contribution is -2.24. The van der Waals surface area contributed by atoms with Gasteiger partial charge in [-0.1, -0.05) is 220 Å². The minimum atomic E-state index is -3.68. The van der Waals surface area contributed by atoms with Crippen molar-refractivity contribution in [2.45, 2.75) is 239 Å². The van der Waals surface area contributed by atoms with E-state index in [0.717, 1.165) is 38.5 Å². The summed E-state index contributed by atoms with van der Waals surface area (Å²) >= 11 is 0. The largest absolute Gasteiger partial charge is 0.405 e. The van der Waals surface area contributed by atoms with Crippen LogP contribution in [0.4, 0.5) is 0 Å². The summed E-state index contributed by atoms with van der Waals surface area (Å²) in [5.74, 6) is 0. The molecule has 0 aliphatic heterocycles. The van der Waals surface area contributed by atoms with E-state index in [2.05, 4.69) is 20.8 Å². The van der Waals surface area contributed by atoms with Crippen molar-refractivity contribution in [2.75, 3.05) is 19.7 Å². The van der Waals surface area contributed by atoms with Crippen LogP contribution in [-0.4, -0.2) is 29.3 Å². The van der Waals surface area contributed by atoms with Gasteiger partial charge in [0.15, 0.2) is 0 Å². The van der Waals surface area contributed by atoms with Crippen molar-refractivity contribution in [1.29, 1.82) is 0 Å². The fraction of sp³-hybridized carbons (Fsp3) is 1.00. The maximum atomic E-state index is 13.0. The predicted octanol–water partition coefficient (Wildman–Crippen LogP) is 14.7. The summed E-state index contributed by atoms with van der Waals surface area (Å²) in [4.78, 5) is 10.7. The Labute approximate surface area is 284 Å². The molecule has 1 atom stereocenters. The SMILES string of the molecule is CCCCCCCCCCCCCCCCCCN(CCCCCCCCCCCCCCCCCC)P(=O)(O)OCCCC. The van der Waals surface area contributed by atoms with Gasteiger partial charge in [0.05, 0.1) is 6.61 Å². The lowest BCUT2D eigenvalue weighted by molar-refractivity contribution is 0.195. The Kier molecular flexibility index (Phi) is 37.0. The average Bonchev–Trinajstić information content (AvgIpc) is 3.03. The van der Waals surface area contributed by atoms with Crippen LogP contribution in [0.3, 0.4) is 0 Å². The first-order valence-corrected chi connectivity index (χ1v) is 22.3. The van der Waals surface area contributed by atoms with Gasteiger partial charge >= 0.3 is 7.75 Å². The topological polar surface area (TPSA) is 49.8 Å². The van der Waals surface area contributed by atoms with Crippen molar-refractivity contribution in [3.63, 3.8) is 0 Å². The van der Waals surface area contributed by atoms with Crippen LogP contribution < -0.4 is 0 Å². The molecule has 0 aromatic heterocycles. The molecule has 272 valence electrons. The highest BCUT2D eigenvalue weighted by Crippen LogP contribution is 2.46. The Morgan fingerprint density at radius 1 is 0.378 bits per heavy atom. The Hall–Kier alpha value is 0.110. The van der Waals surface area contributed by atoms with E-state index in [0.29, 0.717) is 19.7 Å². The van der Waals surface area contributed by atoms with Gasteiger partial charge < -0.3 is 4.89 Å². The van der Waals surface area contributed by atoms with Crippen LogP contribution in [0.15, 0.2) is 0 Å². The van der Waals surface area contributed by atoms with Crippen LogP contribution in [-0.2, 0) is 9.09 Å². The minimum Gasteiger partial charge on any atom is -0.312 e. The Morgan fingerprint density at radius 2 is 0.600 bits per heavy atom. The van der Waals surface area contributed by atoms with E-state index in [1.54, 1.807) is 4.67 Å². The van der Waals surface area contributed by atoms with Crippen molar-refractivity contribution >= 4 is 7.75 Å². The number of hydrogen-bond acceptors (Lipinski definition) is 2. The van der Waals surface area contributed by atoms with Crippen LogP contribution in [0, 0.1) is 0 Å². The van der Waals surface area contributed by atoms with E-state index in [1.807, 2.05) is 0 Å². The van der Waals surface area contributed by atoms with Crippen LogP contribution in [0.2, 0.25) is 0 Å². The second-order valence-corrected chi connectivity index (χ2v) is 16.0. The summed E-state index contributed by atoms with van der Waals surface area (Å²) < 4.78 is 20.3. The van der Waals surface area contributed by atoms with E-state index in [1.165, 1.54) is 180 Å². The summed E-state index contributed by atoms with van der Waals surface area (Å²) in [6, 6.07) is 0. The summed E-state index contributed by atoms with van der Waals surface area (Å²) in [5.41, 5.74) is 0. The molecular weight excluding hydrogens is 573 g/mol. The molecule has 0 saturated carbocycles. The molecule has 45 heavy (non-hydrogen) atoms. The maximum absolute atomic E-state index is 13.0. The van der Waals surface area contributed by atoms with Gasteiger partial charge in [-0.25, -0.2) is 9.24 Å².